The molecule has 0 aromatic rings. The molecule has 1 radical (unpaired) electrons. The molecule has 1 rings (SSSR count). The summed E-state index contributed by atoms with van der Waals surface area (Å²) in [5, 5.41) is 8.39. The van der Waals surface area contributed by atoms with Gasteiger partial charge in [0.2, 0.25) is 0 Å². The first-order valence-electron chi connectivity index (χ1n) is 2.90. The number of β-amino-alcohol motifs (C(OH)–C–C–N with tert-alkyl or cyclic N) is 1. The third kappa shape index (κ3) is 2.41. The molecule has 1 heterocycles. The Kier molecular flexibility index (Phi) is 4.60. The van der Waals surface area contributed by atoms with Crippen molar-refractivity contribution in [1.29, 1.82) is 0 Å². The maximum Gasteiger partial charge on any atom is 0.253 e. The maximum absolute atomic E-state index is 10.7. The van der Waals surface area contributed by atoms with Gasteiger partial charge in [-0.3, -0.25) is 14.5 Å². The number of nitrogens with zero attached hydrogens (tertiary/aromatic N) is 1. The van der Waals surface area contributed by atoms with Crippen LogP contribution in [0, 0.1) is 0 Å². The molecule has 4 nitrogen and oxygen atoms in total. The van der Waals surface area contributed by atoms with Crippen LogP contribution in [-0.4, -0.2) is 64.5 Å². The summed E-state index contributed by atoms with van der Waals surface area (Å²) in [6.45, 7) is -0.0934. The minimum absolute atomic E-state index is 0. The fraction of sp³-hybridized carbons (Fsp3) is 0.333. The van der Waals surface area contributed by atoms with Crippen molar-refractivity contribution in [3.05, 3.63) is 12.2 Å². The summed E-state index contributed by atoms with van der Waals surface area (Å²) in [6, 6.07) is 0. The van der Waals surface area contributed by atoms with E-state index in [-0.39, 0.29) is 54.5 Å². The van der Waals surface area contributed by atoms with Crippen LogP contribution < -0.4 is 0 Å². The van der Waals surface area contributed by atoms with Crippen LogP contribution in [0.1, 0.15) is 0 Å². The predicted octanol–water partition coefficient (Wildman–Crippen LogP) is -1.48. The van der Waals surface area contributed by atoms with Crippen LogP contribution in [0.3, 0.4) is 0 Å². The Bertz CT molecular complexity index is 184. The third-order valence-electron chi connectivity index (χ3n) is 1.22. The minimum Gasteiger partial charge on any atom is -0.395 e. The second-order valence-corrected chi connectivity index (χ2v) is 1.89. The molecule has 5 heteroatoms. The van der Waals surface area contributed by atoms with Gasteiger partial charge >= 0.3 is 0 Å². The molecule has 0 spiro atoms. The second kappa shape index (κ2) is 4.66. The topological polar surface area (TPSA) is 57.6 Å². The summed E-state index contributed by atoms with van der Waals surface area (Å²) in [5.74, 6) is -0.696. The van der Waals surface area contributed by atoms with E-state index >= 15 is 0 Å². The summed E-state index contributed by atoms with van der Waals surface area (Å²) in [5.41, 5.74) is 0. The number of carbonyl (C=O) groups is 2. The molecule has 0 fully saturated rings. The Labute approximate surface area is 86.2 Å². The number of amides is 2. The number of aliphatic hydroxyl groups is 1. The van der Waals surface area contributed by atoms with Gasteiger partial charge in [-0.15, -0.1) is 0 Å². The van der Waals surface area contributed by atoms with Gasteiger partial charge in [-0.05, 0) is 0 Å². The van der Waals surface area contributed by atoms with Crippen LogP contribution >= 0.6 is 0 Å². The van der Waals surface area contributed by atoms with Gasteiger partial charge in [-0.2, -0.15) is 0 Å². The smallest absolute Gasteiger partial charge is 0.253 e. The zero-order chi connectivity index (χ0) is 7.56. The van der Waals surface area contributed by atoms with Gasteiger partial charge in [0, 0.05) is 41.7 Å². The predicted molar refractivity (Wildman–Crippen MR) is 38.7 cm³/mol. The average Bonchev–Trinajstić information content (AvgIpc) is 2.20. The van der Waals surface area contributed by atoms with Crippen molar-refractivity contribution >= 4 is 41.4 Å². The van der Waals surface area contributed by atoms with E-state index in [9.17, 15) is 9.59 Å². The SMILES string of the molecule is O=C1C=CC(=O)N1CCO.[Na]. The Morgan fingerprint density at radius 2 is 1.73 bits per heavy atom. The van der Waals surface area contributed by atoms with Crippen molar-refractivity contribution < 1.29 is 14.7 Å². The zero-order valence-electron chi connectivity index (χ0n) is 6.28. The molecule has 0 saturated carbocycles. The molecule has 1 N–H and O–H groups in total. The summed E-state index contributed by atoms with van der Waals surface area (Å²) in [6.07, 6.45) is 2.38. The molecule has 55 valence electrons. The third-order valence-corrected chi connectivity index (χ3v) is 1.22. The standard InChI is InChI=1S/C6H7NO3.Na/c8-4-3-7-5(9)1-2-6(7)10;/h1-2,8H,3-4H2;. The Hall–Kier alpha value is -0.160. The van der Waals surface area contributed by atoms with E-state index in [1.54, 1.807) is 0 Å². The fourth-order valence-electron chi connectivity index (χ4n) is 0.752. The van der Waals surface area contributed by atoms with Crippen LogP contribution in [0.5, 0.6) is 0 Å². The van der Waals surface area contributed by atoms with E-state index in [0.717, 1.165) is 4.90 Å². The fourth-order valence-corrected chi connectivity index (χ4v) is 0.752. The van der Waals surface area contributed by atoms with Gasteiger partial charge in [0.15, 0.2) is 0 Å². The maximum atomic E-state index is 10.7. The van der Waals surface area contributed by atoms with Crippen molar-refractivity contribution in [1.82, 2.24) is 4.90 Å². The minimum atomic E-state index is -0.348. The van der Waals surface area contributed by atoms with Crippen molar-refractivity contribution in [2.75, 3.05) is 13.2 Å². The van der Waals surface area contributed by atoms with Gasteiger partial charge in [-0.1, -0.05) is 0 Å². The summed E-state index contributed by atoms with van der Waals surface area (Å²) in [4.78, 5) is 22.3. The normalized spacial score (nSPS) is 15.5. The van der Waals surface area contributed by atoms with Crippen molar-refractivity contribution in [3.63, 3.8) is 0 Å². The molecule has 0 atom stereocenters. The van der Waals surface area contributed by atoms with Gasteiger partial charge in [0.05, 0.1) is 13.2 Å². The van der Waals surface area contributed by atoms with E-state index in [4.69, 9.17) is 5.11 Å². The number of hydrogen-bond acceptors (Lipinski definition) is 3. The number of rotatable bonds is 2. The molecule has 11 heavy (non-hydrogen) atoms. The molecule has 0 saturated heterocycles. The molecular weight excluding hydrogens is 157 g/mol. The first-order valence-corrected chi connectivity index (χ1v) is 2.90. The van der Waals surface area contributed by atoms with Crippen molar-refractivity contribution in [2.45, 2.75) is 0 Å². The van der Waals surface area contributed by atoms with Crippen molar-refractivity contribution in [2.24, 2.45) is 0 Å². The summed E-state index contributed by atoms with van der Waals surface area (Å²) >= 11 is 0. The molecule has 0 unspecified atom stereocenters. The Morgan fingerprint density at radius 3 is 2.09 bits per heavy atom. The molecule has 0 aromatic heterocycles. The van der Waals surface area contributed by atoms with Gasteiger partial charge < -0.3 is 5.11 Å². The van der Waals surface area contributed by atoms with Gasteiger partial charge in [0.1, 0.15) is 0 Å². The number of carbonyl (C=O) groups excluding carboxylic acids is 2. The van der Waals surface area contributed by atoms with Crippen LogP contribution in [0.15, 0.2) is 12.2 Å². The molecule has 0 aliphatic carbocycles. The molecular formula is C6H7NNaO3. The van der Waals surface area contributed by atoms with Crippen LogP contribution in [0.2, 0.25) is 0 Å². The van der Waals surface area contributed by atoms with E-state index in [1.165, 1.54) is 12.2 Å². The number of imide groups is 1. The van der Waals surface area contributed by atoms with Crippen LogP contribution in [-0.2, 0) is 9.59 Å². The molecule has 0 bridgehead atoms. The van der Waals surface area contributed by atoms with Crippen LogP contribution in [0.4, 0.5) is 0 Å². The first-order chi connectivity index (χ1) is 4.75. The molecule has 1 aliphatic rings. The quantitative estimate of drug-likeness (QED) is 0.400. The summed E-state index contributed by atoms with van der Waals surface area (Å²) in [7, 11) is 0. The van der Waals surface area contributed by atoms with Gasteiger partial charge in [-0.25, -0.2) is 0 Å². The first kappa shape index (κ1) is 10.8. The Balaban J connectivity index is 0.000001000. The largest absolute Gasteiger partial charge is 0.395 e. The van der Waals surface area contributed by atoms with Crippen molar-refractivity contribution in [3.8, 4) is 0 Å². The summed E-state index contributed by atoms with van der Waals surface area (Å²) < 4.78 is 0. The molecule has 1 aliphatic heterocycles. The van der Waals surface area contributed by atoms with E-state index in [1.807, 2.05) is 0 Å². The Morgan fingerprint density at radius 1 is 1.27 bits per heavy atom. The number of aliphatic hydroxyl groups excluding tert-OH is 1. The monoisotopic (exact) mass is 164 g/mol. The second-order valence-electron chi connectivity index (χ2n) is 1.89. The average molecular weight is 164 g/mol. The molecule has 0 aromatic carbocycles. The van der Waals surface area contributed by atoms with E-state index < -0.39 is 0 Å². The zero-order valence-corrected chi connectivity index (χ0v) is 8.28. The molecule has 2 amide bonds. The number of hydrogen-bond donors (Lipinski definition) is 1. The van der Waals surface area contributed by atoms with Gasteiger partial charge in [0.25, 0.3) is 11.8 Å². The van der Waals surface area contributed by atoms with E-state index in [2.05, 4.69) is 0 Å². The van der Waals surface area contributed by atoms with E-state index in [0.29, 0.717) is 0 Å². The van der Waals surface area contributed by atoms with Crippen LogP contribution in [0.25, 0.3) is 0 Å².